The van der Waals surface area contributed by atoms with Crippen LogP contribution in [0.25, 0.3) is 10.9 Å². The van der Waals surface area contributed by atoms with E-state index < -0.39 is 24.0 Å². The molecule has 1 fully saturated rings. The van der Waals surface area contributed by atoms with Crippen molar-refractivity contribution in [3.63, 3.8) is 0 Å². The molecule has 1 saturated heterocycles. The summed E-state index contributed by atoms with van der Waals surface area (Å²) in [6.07, 6.45) is 0.361. The molecule has 1 aromatic carbocycles. The van der Waals surface area contributed by atoms with Crippen LogP contribution >= 0.6 is 0 Å². The SMILES string of the molecule is CC.Cc1ccc2c(C(=O)NCC(=O)N3CC(F)CC3C#N)ccnc2c1. The van der Waals surface area contributed by atoms with Crippen LogP contribution in [0.15, 0.2) is 30.5 Å². The second-order valence-electron chi connectivity index (χ2n) is 6.09. The van der Waals surface area contributed by atoms with Crippen molar-refractivity contribution >= 4 is 22.7 Å². The molecule has 1 aliphatic rings. The monoisotopic (exact) mass is 370 g/mol. The van der Waals surface area contributed by atoms with Crippen molar-refractivity contribution in [2.45, 2.75) is 39.4 Å². The number of alkyl halides is 1. The van der Waals surface area contributed by atoms with E-state index in [1.165, 1.54) is 4.90 Å². The average molecular weight is 370 g/mol. The highest BCUT2D eigenvalue weighted by Crippen LogP contribution is 2.20. The van der Waals surface area contributed by atoms with Crippen molar-refractivity contribution in [2.75, 3.05) is 13.1 Å². The van der Waals surface area contributed by atoms with Crippen LogP contribution in [0.5, 0.6) is 0 Å². The summed E-state index contributed by atoms with van der Waals surface area (Å²) in [5.74, 6) is -0.872. The topological polar surface area (TPSA) is 86.1 Å². The first-order chi connectivity index (χ1) is 13.0. The number of nitrogens with one attached hydrogen (secondary N) is 1. The summed E-state index contributed by atoms with van der Waals surface area (Å²) < 4.78 is 13.4. The molecule has 0 bridgehead atoms. The molecule has 1 aromatic heterocycles. The van der Waals surface area contributed by atoms with Gasteiger partial charge in [-0.05, 0) is 24.6 Å². The number of aromatic nitrogens is 1. The van der Waals surface area contributed by atoms with Gasteiger partial charge in [0, 0.05) is 18.0 Å². The van der Waals surface area contributed by atoms with Crippen molar-refractivity contribution in [1.29, 1.82) is 5.26 Å². The third-order valence-corrected chi connectivity index (χ3v) is 4.26. The van der Waals surface area contributed by atoms with Crippen molar-refractivity contribution in [3.05, 3.63) is 41.6 Å². The Hall–Kier alpha value is -3.01. The number of pyridine rings is 1. The summed E-state index contributed by atoms with van der Waals surface area (Å²) in [4.78, 5) is 30.0. The largest absolute Gasteiger partial charge is 0.343 e. The number of hydrogen-bond donors (Lipinski definition) is 1. The minimum Gasteiger partial charge on any atom is -0.343 e. The van der Waals surface area contributed by atoms with Gasteiger partial charge in [0.25, 0.3) is 5.91 Å². The summed E-state index contributed by atoms with van der Waals surface area (Å²) >= 11 is 0. The first-order valence-electron chi connectivity index (χ1n) is 8.96. The minimum absolute atomic E-state index is 0.0184. The number of amides is 2. The van der Waals surface area contributed by atoms with Gasteiger partial charge in [-0.3, -0.25) is 14.6 Å². The van der Waals surface area contributed by atoms with Crippen molar-refractivity contribution < 1.29 is 14.0 Å². The zero-order chi connectivity index (χ0) is 20.0. The Morgan fingerprint density at radius 2 is 2.11 bits per heavy atom. The molecule has 142 valence electrons. The standard InChI is InChI=1S/C18H17FN4O2.C2H6/c1-11-2-3-14-15(4-5-21-16(14)6-11)18(25)22-9-17(24)23-10-12(19)7-13(23)8-20;1-2/h2-6,12-13H,7,9-10H2,1H3,(H,22,25);1-2H3. The number of likely N-dealkylation sites (tertiary alicyclic amines) is 1. The fraction of sp³-hybridized carbons (Fsp3) is 0.400. The zero-order valence-corrected chi connectivity index (χ0v) is 15.7. The normalized spacial score (nSPS) is 18.4. The summed E-state index contributed by atoms with van der Waals surface area (Å²) in [6.45, 7) is 5.55. The van der Waals surface area contributed by atoms with Gasteiger partial charge in [0.1, 0.15) is 12.2 Å². The lowest BCUT2D eigenvalue weighted by Gasteiger charge is -2.19. The predicted molar refractivity (Wildman–Crippen MR) is 101 cm³/mol. The smallest absolute Gasteiger partial charge is 0.252 e. The van der Waals surface area contributed by atoms with Gasteiger partial charge >= 0.3 is 0 Å². The molecule has 2 aromatic rings. The van der Waals surface area contributed by atoms with Gasteiger partial charge in [0.15, 0.2) is 0 Å². The van der Waals surface area contributed by atoms with Crippen LogP contribution < -0.4 is 5.32 Å². The summed E-state index contributed by atoms with van der Waals surface area (Å²) in [5.41, 5.74) is 2.15. The van der Waals surface area contributed by atoms with Crippen LogP contribution in [0.4, 0.5) is 4.39 Å². The van der Waals surface area contributed by atoms with E-state index in [9.17, 15) is 14.0 Å². The maximum absolute atomic E-state index is 13.4. The molecule has 2 unspecified atom stereocenters. The van der Waals surface area contributed by atoms with E-state index in [0.717, 1.165) is 5.56 Å². The number of nitrogens with zero attached hydrogens (tertiary/aromatic N) is 3. The van der Waals surface area contributed by atoms with E-state index in [-0.39, 0.29) is 19.5 Å². The first-order valence-corrected chi connectivity index (χ1v) is 8.96. The van der Waals surface area contributed by atoms with E-state index in [4.69, 9.17) is 5.26 Å². The fourth-order valence-electron chi connectivity index (χ4n) is 2.99. The second kappa shape index (κ2) is 9.08. The van der Waals surface area contributed by atoms with Gasteiger partial charge in [-0.1, -0.05) is 26.0 Å². The number of aryl methyl sites for hydroxylation is 1. The molecule has 0 radical (unpaired) electrons. The molecule has 1 aliphatic heterocycles. The number of benzene rings is 1. The first kappa shape index (κ1) is 20.3. The predicted octanol–water partition coefficient (Wildman–Crippen LogP) is 2.76. The Balaban J connectivity index is 0.00000126. The average Bonchev–Trinajstić information content (AvgIpc) is 3.07. The molecule has 1 N–H and O–H groups in total. The lowest BCUT2D eigenvalue weighted by Crippen LogP contribution is -2.42. The second-order valence-corrected chi connectivity index (χ2v) is 6.09. The fourth-order valence-corrected chi connectivity index (χ4v) is 2.99. The minimum atomic E-state index is -1.20. The third kappa shape index (κ3) is 4.59. The number of rotatable bonds is 3. The number of hydrogen-bond acceptors (Lipinski definition) is 4. The molecule has 6 nitrogen and oxygen atoms in total. The zero-order valence-electron chi connectivity index (χ0n) is 15.7. The van der Waals surface area contributed by atoms with E-state index >= 15 is 0 Å². The maximum atomic E-state index is 13.4. The molecule has 27 heavy (non-hydrogen) atoms. The number of nitriles is 1. The van der Waals surface area contributed by atoms with Crippen LogP contribution in [-0.2, 0) is 4.79 Å². The quantitative estimate of drug-likeness (QED) is 0.900. The number of halogens is 1. The van der Waals surface area contributed by atoms with E-state index in [0.29, 0.717) is 16.5 Å². The van der Waals surface area contributed by atoms with Gasteiger partial charge < -0.3 is 10.2 Å². The Morgan fingerprint density at radius 1 is 1.37 bits per heavy atom. The van der Waals surface area contributed by atoms with Crippen LogP contribution in [-0.4, -0.2) is 47.0 Å². The Bertz CT molecular complexity index is 878. The van der Waals surface area contributed by atoms with E-state index in [1.807, 2.05) is 45.0 Å². The lowest BCUT2D eigenvalue weighted by atomic mass is 10.1. The van der Waals surface area contributed by atoms with Gasteiger partial charge in [-0.15, -0.1) is 0 Å². The van der Waals surface area contributed by atoms with Crippen molar-refractivity contribution in [1.82, 2.24) is 15.2 Å². The Morgan fingerprint density at radius 3 is 2.81 bits per heavy atom. The van der Waals surface area contributed by atoms with E-state index in [2.05, 4.69) is 10.3 Å². The highest BCUT2D eigenvalue weighted by atomic mass is 19.1. The van der Waals surface area contributed by atoms with E-state index in [1.54, 1.807) is 12.3 Å². The maximum Gasteiger partial charge on any atom is 0.252 e. The van der Waals surface area contributed by atoms with Crippen molar-refractivity contribution in [3.8, 4) is 6.07 Å². The van der Waals surface area contributed by atoms with Crippen LogP contribution in [0.2, 0.25) is 0 Å². The molecular weight excluding hydrogens is 347 g/mol. The number of fused-ring (bicyclic) bond motifs is 1. The highest BCUT2D eigenvalue weighted by molar-refractivity contribution is 6.06. The summed E-state index contributed by atoms with van der Waals surface area (Å²) in [7, 11) is 0. The highest BCUT2D eigenvalue weighted by Gasteiger charge is 2.35. The molecule has 0 saturated carbocycles. The van der Waals surface area contributed by atoms with Gasteiger partial charge in [0.2, 0.25) is 5.91 Å². The molecule has 7 heteroatoms. The molecule has 2 heterocycles. The lowest BCUT2D eigenvalue weighted by molar-refractivity contribution is -0.130. The van der Waals surface area contributed by atoms with Gasteiger partial charge in [-0.25, -0.2) is 4.39 Å². The molecule has 0 spiro atoms. The molecular formula is C20H23FN4O2. The summed E-state index contributed by atoms with van der Waals surface area (Å²) in [5, 5.41) is 12.2. The Kier molecular flexibility index (Phi) is 6.83. The number of carbonyl (C=O) groups excluding carboxylic acids is 2. The van der Waals surface area contributed by atoms with Crippen LogP contribution in [0.3, 0.4) is 0 Å². The third-order valence-electron chi connectivity index (χ3n) is 4.26. The number of carbonyl (C=O) groups is 2. The molecule has 2 atom stereocenters. The molecule has 3 rings (SSSR count). The van der Waals surface area contributed by atoms with Crippen LogP contribution in [0, 0.1) is 18.3 Å². The van der Waals surface area contributed by atoms with Crippen LogP contribution in [0.1, 0.15) is 36.2 Å². The molecule has 2 amide bonds. The Labute approximate surface area is 158 Å². The van der Waals surface area contributed by atoms with Crippen molar-refractivity contribution in [2.24, 2.45) is 0 Å². The molecule has 0 aliphatic carbocycles. The summed E-state index contributed by atoms with van der Waals surface area (Å²) in [6, 6.07) is 8.30. The van der Waals surface area contributed by atoms with Gasteiger partial charge in [-0.2, -0.15) is 5.26 Å². The van der Waals surface area contributed by atoms with Gasteiger partial charge in [0.05, 0.1) is 30.2 Å².